The molecule has 2 aliphatic heterocycles. The van der Waals surface area contributed by atoms with Crippen LogP contribution in [0.2, 0.25) is 0 Å². The smallest absolute Gasteiger partial charge is 0.387 e. The molecule has 5 aromatic rings. The van der Waals surface area contributed by atoms with Crippen LogP contribution in [-0.2, 0) is 31.3 Å². The Balaban J connectivity index is 1.28. The van der Waals surface area contributed by atoms with Crippen LogP contribution in [0.1, 0.15) is 68.4 Å². The lowest BCUT2D eigenvalue weighted by molar-refractivity contribution is -0.0499. The summed E-state index contributed by atoms with van der Waals surface area (Å²) in [6.07, 6.45) is 2.61. The highest BCUT2D eigenvalue weighted by atomic mass is 19.3. The number of morpholine rings is 1. The second kappa shape index (κ2) is 19.1. The molecule has 0 N–H and O–H groups in total. The van der Waals surface area contributed by atoms with Crippen LogP contribution in [-0.4, -0.2) is 85.4 Å². The van der Waals surface area contributed by atoms with Crippen LogP contribution in [0, 0.1) is 13.8 Å². The molecule has 0 bridgehead atoms. The van der Waals surface area contributed by atoms with Crippen molar-refractivity contribution < 1.29 is 37.3 Å². The summed E-state index contributed by atoms with van der Waals surface area (Å²) in [5.74, 6) is 0.763. The fourth-order valence-corrected chi connectivity index (χ4v) is 8.20. The lowest BCUT2D eigenvalue weighted by atomic mass is 9.92. The van der Waals surface area contributed by atoms with Crippen LogP contribution in [0.5, 0.6) is 17.2 Å². The number of benzene rings is 4. The first kappa shape index (κ1) is 42.4. The number of aromatic nitrogens is 1. The number of hydrogen-bond acceptors (Lipinski definition) is 7. The topological polar surface area (TPSA) is 85.7 Å². The average Bonchev–Trinajstić information content (AvgIpc) is 3.55. The molecule has 4 aromatic carbocycles. The molecule has 1 fully saturated rings. The first-order valence-electron chi connectivity index (χ1n) is 20.7. The van der Waals surface area contributed by atoms with Crippen LogP contribution >= 0.6 is 0 Å². The van der Waals surface area contributed by atoms with Gasteiger partial charge < -0.3 is 33.3 Å². The van der Waals surface area contributed by atoms with Gasteiger partial charge in [-0.2, -0.15) is 8.78 Å². The van der Waals surface area contributed by atoms with Gasteiger partial charge in [0.1, 0.15) is 17.2 Å². The molecule has 316 valence electrons. The Kier molecular flexibility index (Phi) is 13.5. The van der Waals surface area contributed by atoms with Gasteiger partial charge in [-0.3, -0.25) is 14.5 Å². The van der Waals surface area contributed by atoms with Crippen molar-refractivity contribution in [2.75, 3.05) is 51.5 Å². The van der Waals surface area contributed by atoms with E-state index in [2.05, 4.69) is 17.9 Å². The van der Waals surface area contributed by atoms with E-state index in [1.165, 1.54) is 17.7 Å². The maximum atomic E-state index is 15.1. The lowest BCUT2D eigenvalue weighted by Crippen LogP contribution is -2.52. The van der Waals surface area contributed by atoms with E-state index in [0.717, 1.165) is 54.1 Å². The third kappa shape index (κ3) is 9.35. The van der Waals surface area contributed by atoms with Crippen molar-refractivity contribution in [1.29, 1.82) is 0 Å². The molecule has 3 heterocycles. The van der Waals surface area contributed by atoms with Crippen molar-refractivity contribution in [2.45, 2.75) is 65.8 Å². The summed E-state index contributed by atoms with van der Waals surface area (Å²) in [4.78, 5) is 35.9. The molecular weight excluding hydrogens is 767 g/mol. The fraction of sp³-hybridized carbons (Fsp3) is 0.375. The quantitative estimate of drug-likeness (QED) is 0.0977. The molecule has 60 heavy (non-hydrogen) atoms. The van der Waals surface area contributed by atoms with Crippen LogP contribution in [0.15, 0.2) is 91.0 Å². The molecule has 1 aromatic heterocycles. The van der Waals surface area contributed by atoms with E-state index in [-0.39, 0.29) is 35.7 Å². The summed E-state index contributed by atoms with van der Waals surface area (Å²) in [7, 11) is 3.47. The van der Waals surface area contributed by atoms with Crippen LogP contribution in [0.4, 0.5) is 14.5 Å². The summed E-state index contributed by atoms with van der Waals surface area (Å²) in [6, 6.07) is 27.5. The van der Waals surface area contributed by atoms with Gasteiger partial charge in [0.2, 0.25) is 0 Å². The number of rotatable bonds is 15. The summed E-state index contributed by atoms with van der Waals surface area (Å²) < 4.78 is 51.2. The van der Waals surface area contributed by atoms with Gasteiger partial charge in [-0.1, -0.05) is 49.7 Å². The van der Waals surface area contributed by atoms with Gasteiger partial charge in [-0.15, -0.1) is 0 Å². The molecular formula is C48H54F2N4O6. The first-order chi connectivity index (χ1) is 29.1. The third-order valence-electron chi connectivity index (χ3n) is 11.8. The summed E-state index contributed by atoms with van der Waals surface area (Å²) >= 11 is 0. The zero-order chi connectivity index (χ0) is 42.3. The molecule has 0 saturated carbocycles. The SMILES string of the molecule is CCCCOc1ccc(N(Cc2cccc(OC)c2C)C(=O)c2cc(-c3ccc(OC(F)F)cc3C(=O)N3Cc4ccccc4C[C@H]3CN3CCOCC3)n(C)c2C)cc1. The minimum atomic E-state index is -3.08. The highest BCUT2D eigenvalue weighted by molar-refractivity contribution is 6.08. The Morgan fingerprint density at radius 1 is 0.900 bits per heavy atom. The van der Waals surface area contributed by atoms with Gasteiger partial charge in [0.25, 0.3) is 11.8 Å². The second-order valence-electron chi connectivity index (χ2n) is 15.5. The third-order valence-corrected chi connectivity index (χ3v) is 11.8. The Morgan fingerprint density at radius 2 is 1.63 bits per heavy atom. The number of amides is 2. The summed E-state index contributed by atoms with van der Waals surface area (Å²) in [5.41, 5.74) is 7.13. The van der Waals surface area contributed by atoms with Gasteiger partial charge in [-0.05, 0) is 104 Å². The van der Waals surface area contributed by atoms with E-state index in [4.69, 9.17) is 18.9 Å². The van der Waals surface area contributed by atoms with E-state index in [0.29, 0.717) is 67.5 Å². The predicted octanol–water partition coefficient (Wildman–Crippen LogP) is 8.84. The standard InChI is InChI=1S/C48H54F2N4O6/c1-6-7-23-59-39-17-15-37(16-18-39)53(29-35-13-10-14-45(57-5)32(35)2)46(55)42-28-44(51(4)33(42)3)41-20-19-40(60-48(49)50)27-43(41)47(56)54-30-36-12-9-8-11-34(36)26-38(54)31-52-21-24-58-25-22-52/h8-20,27-28,38,48H,6-7,21-26,29-31H2,1-5H3/t38-/m0/s1. The molecule has 0 radical (unpaired) electrons. The van der Waals surface area contributed by atoms with E-state index < -0.39 is 6.61 Å². The van der Waals surface area contributed by atoms with E-state index in [9.17, 15) is 13.6 Å². The maximum Gasteiger partial charge on any atom is 0.387 e. The monoisotopic (exact) mass is 820 g/mol. The van der Waals surface area contributed by atoms with Gasteiger partial charge >= 0.3 is 6.61 Å². The number of ether oxygens (including phenoxy) is 4. The molecule has 0 spiro atoms. The molecule has 0 aliphatic carbocycles. The number of carbonyl (C=O) groups excluding carboxylic acids is 2. The highest BCUT2D eigenvalue weighted by Gasteiger charge is 2.34. The number of methoxy groups -OCH3 is 1. The molecule has 12 heteroatoms. The van der Waals surface area contributed by atoms with Gasteiger partial charge in [0, 0.05) is 61.9 Å². The normalized spacial score (nSPS) is 15.5. The van der Waals surface area contributed by atoms with Gasteiger partial charge in [0.15, 0.2) is 0 Å². The zero-order valence-electron chi connectivity index (χ0n) is 35.1. The highest BCUT2D eigenvalue weighted by Crippen LogP contribution is 2.36. The van der Waals surface area contributed by atoms with Crippen LogP contribution < -0.4 is 19.1 Å². The van der Waals surface area contributed by atoms with Crippen LogP contribution in [0.25, 0.3) is 11.3 Å². The van der Waals surface area contributed by atoms with Crippen molar-refractivity contribution in [1.82, 2.24) is 14.4 Å². The number of alkyl halides is 2. The molecule has 1 saturated heterocycles. The Morgan fingerprint density at radius 3 is 2.35 bits per heavy atom. The van der Waals surface area contributed by atoms with Gasteiger partial charge in [-0.25, -0.2) is 0 Å². The Labute approximate surface area is 351 Å². The van der Waals surface area contributed by atoms with E-state index in [1.807, 2.05) is 91.0 Å². The number of halogens is 2. The Hall–Kier alpha value is -5.72. The minimum Gasteiger partial charge on any atom is -0.496 e. The molecule has 2 amide bonds. The maximum absolute atomic E-state index is 15.1. The second-order valence-corrected chi connectivity index (χ2v) is 15.5. The molecule has 0 unspecified atom stereocenters. The van der Waals surface area contributed by atoms with Crippen molar-refractivity contribution in [2.24, 2.45) is 7.05 Å². The summed E-state index contributed by atoms with van der Waals surface area (Å²) in [6.45, 7) is 7.50. The molecule has 10 nitrogen and oxygen atoms in total. The number of anilines is 1. The largest absolute Gasteiger partial charge is 0.496 e. The fourth-order valence-electron chi connectivity index (χ4n) is 8.20. The van der Waals surface area contributed by atoms with E-state index in [1.54, 1.807) is 24.1 Å². The molecule has 1 atom stereocenters. The van der Waals surface area contributed by atoms with Crippen LogP contribution in [0.3, 0.4) is 0 Å². The Bertz CT molecular complexity index is 2290. The average molecular weight is 821 g/mol. The van der Waals surface area contributed by atoms with E-state index >= 15 is 4.79 Å². The number of carbonyl (C=O) groups is 2. The molecule has 2 aliphatic rings. The minimum absolute atomic E-state index is 0.122. The number of unbranched alkanes of at least 4 members (excludes halogenated alkanes) is 1. The van der Waals surface area contributed by atoms with Crippen molar-refractivity contribution >= 4 is 17.5 Å². The lowest BCUT2D eigenvalue weighted by Gasteiger charge is -2.40. The number of fused-ring (bicyclic) bond motifs is 1. The van der Waals surface area contributed by atoms with Crippen molar-refractivity contribution in [3.05, 3.63) is 130 Å². The molecule has 7 rings (SSSR count). The first-order valence-corrected chi connectivity index (χ1v) is 20.7. The number of nitrogens with zero attached hydrogens (tertiary/aromatic N) is 4. The van der Waals surface area contributed by atoms with Gasteiger partial charge in [0.05, 0.1) is 44.6 Å². The summed E-state index contributed by atoms with van der Waals surface area (Å²) in [5, 5.41) is 0. The zero-order valence-corrected chi connectivity index (χ0v) is 35.1. The van der Waals surface area contributed by atoms with Crippen molar-refractivity contribution in [3.63, 3.8) is 0 Å². The van der Waals surface area contributed by atoms with Crippen molar-refractivity contribution in [3.8, 4) is 28.5 Å². The number of hydrogen-bond donors (Lipinski definition) is 0. The predicted molar refractivity (Wildman–Crippen MR) is 228 cm³/mol.